The lowest BCUT2D eigenvalue weighted by molar-refractivity contribution is -0.308. The fourth-order valence-electron chi connectivity index (χ4n) is 5.03. The number of carboxylic acid groups (broad SMARTS) is 1. The molecule has 36 heavy (non-hydrogen) atoms. The number of nitrogens with zero attached hydrogens (tertiary/aromatic N) is 2. The van der Waals surface area contributed by atoms with Crippen LogP contribution in [-0.4, -0.2) is 76.2 Å². The second-order valence-corrected chi connectivity index (χ2v) is 9.59. The maximum atomic E-state index is 12.8. The quantitative estimate of drug-likeness (QED) is 0.542. The van der Waals surface area contributed by atoms with E-state index in [2.05, 4.69) is 9.64 Å². The number of carboxylic acids is 1. The number of hydrogen-bond donors (Lipinski definition) is 1. The van der Waals surface area contributed by atoms with Gasteiger partial charge >= 0.3 is 24.4 Å². The largest absolute Gasteiger partial charge is 0.478 e. The van der Waals surface area contributed by atoms with Gasteiger partial charge in [0.1, 0.15) is 5.75 Å². The number of aliphatic carboxylic acids is 1. The van der Waals surface area contributed by atoms with Crippen molar-refractivity contribution in [3.05, 3.63) is 29.8 Å². The second-order valence-electron chi connectivity index (χ2n) is 9.59. The average molecular weight is 524 g/mol. The molecule has 2 aliphatic heterocycles. The Labute approximate surface area is 202 Å². The molecule has 1 spiro atoms. The summed E-state index contributed by atoms with van der Waals surface area (Å²) in [6, 6.07) is 7.09. The van der Waals surface area contributed by atoms with E-state index >= 15 is 0 Å². The van der Waals surface area contributed by atoms with Crippen molar-refractivity contribution in [2.24, 2.45) is 0 Å². The van der Waals surface area contributed by atoms with E-state index in [1.54, 1.807) is 12.1 Å². The Hall–Kier alpha value is -2.70. The minimum Gasteiger partial charge on any atom is -0.478 e. The Morgan fingerprint density at radius 3 is 2.11 bits per heavy atom. The van der Waals surface area contributed by atoms with Crippen LogP contribution in [0.15, 0.2) is 24.3 Å². The third-order valence-electron chi connectivity index (χ3n) is 7.24. The van der Waals surface area contributed by atoms with Crippen LogP contribution in [0.1, 0.15) is 44.1 Å². The van der Waals surface area contributed by atoms with Crippen LogP contribution in [-0.2, 0) is 16.1 Å². The minimum atomic E-state index is -5.76. The molecule has 0 bridgehead atoms. The van der Waals surface area contributed by atoms with Crippen molar-refractivity contribution in [1.82, 2.24) is 9.80 Å². The maximum Gasteiger partial charge on any atom is 0.434 e. The Bertz CT molecular complexity index is 972. The molecule has 0 atom stereocenters. The van der Waals surface area contributed by atoms with E-state index in [4.69, 9.17) is 4.74 Å². The molecule has 200 valence electrons. The molecule has 1 aromatic carbocycles. The van der Waals surface area contributed by atoms with Gasteiger partial charge in [0.25, 0.3) is 6.10 Å². The van der Waals surface area contributed by atoms with Crippen LogP contribution in [0.4, 0.5) is 31.1 Å². The number of ether oxygens (including phenoxy) is 2. The molecular weight excluding hydrogens is 498 g/mol. The van der Waals surface area contributed by atoms with Crippen molar-refractivity contribution in [1.29, 1.82) is 0 Å². The highest BCUT2D eigenvalue weighted by Gasteiger charge is 2.60. The summed E-state index contributed by atoms with van der Waals surface area (Å²) in [5.41, 5.74) is -0.817. The first kappa shape index (κ1) is 26.4. The number of rotatable bonds is 6. The molecule has 1 amide bonds. The Kier molecular flexibility index (Phi) is 6.82. The molecule has 4 rings (SSSR count). The number of amides is 1. The summed E-state index contributed by atoms with van der Waals surface area (Å²) < 4.78 is 86.3. The van der Waals surface area contributed by atoms with Crippen LogP contribution in [0.3, 0.4) is 0 Å². The lowest BCUT2D eigenvalue weighted by Crippen LogP contribution is -2.54. The first-order valence-corrected chi connectivity index (χ1v) is 11.6. The predicted octanol–water partition coefficient (Wildman–Crippen LogP) is 4.74. The molecule has 0 unspecified atom stereocenters. The summed E-state index contributed by atoms with van der Waals surface area (Å²) in [5, 5.41) is 9.45. The highest BCUT2D eigenvalue weighted by atomic mass is 19.4. The fraction of sp³-hybridized carbons (Fsp3) is 0.652. The van der Waals surface area contributed by atoms with Crippen LogP contribution in [0.25, 0.3) is 0 Å². The molecule has 0 radical (unpaired) electrons. The van der Waals surface area contributed by atoms with Crippen LogP contribution in [0, 0.1) is 0 Å². The number of piperidine rings is 1. The van der Waals surface area contributed by atoms with Gasteiger partial charge in [0.05, 0.1) is 0 Å². The van der Waals surface area contributed by atoms with E-state index in [1.165, 1.54) is 0 Å². The van der Waals surface area contributed by atoms with Crippen molar-refractivity contribution in [2.45, 2.75) is 74.7 Å². The standard InChI is InChI=1S/C23H26F6N2O5/c24-22(25,26)17(23(27,28)29)35-19(34)30-12-9-20(10-13-30)6-3-11-31(20)14-15-4-1-2-5-16(15)36-21(7-8-21)18(32)33/h1-2,4-5,17H,3,6-14H2,(H,32,33). The van der Waals surface area contributed by atoms with Gasteiger partial charge in [-0.25, -0.2) is 9.59 Å². The third-order valence-corrected chi connectivity index (χ3v) is 7.24. The zero-order chi connectivity index (χ0) is 26.4. The fourth-order valence-corrected chi connectivity index (χ4v) is 5.03. The van der Waals surface area contributed by atoms with Gasteiger partial charge in [0.15, 0.2) is 0 Å². The summed E-state index contributed by atoms with van der Waals surface area (Å²) >= 11 is 0. The molecule has 7 nitrogen and oxygen atoms in total. The number of halogens is 6. The van der Waals surface area contributed by atoms with E-state index in [-0.39, 0.29) is 18.6 Å². The van der Waals surface area contributed by atoms with Gasteiger partial charge in [-0.15, -0.1) is 0 Å². The first-order valence-electron chi connectivity index (χ1n) is 11.6. The zero-order valence-corrected chi connectivity index (χ0v) is 19.2. The SMILES string of the molecule is O=C(OC(C(F)(F)F)C(F)(F)F)N1CCC2(CCCN2Cc2ccccc2OC2(C(=O)O)CC2)CC1. The molecule has 2 heterocycles. The van der Waals surface area contributed by atoms with Crippen LogP contribution < -0.4 is 4.74 Å². The van der Waals surface area contributed by atoms with Gasteiger partial charge in [-0.3, -0.25) is 4.90 Å². The molecule has 2 saturated heterocycles. The van der Waals surface area contributed by atoms with E-state index in [0.717, 1.165) is 23.3 Å². The molecule has 3 fully saturated rings. The molecule has 1 N–H and O–H groups in total. The topological polar surface area (TPSA) is 79.3 Å². The van der Waals surface area contributed by atoms with E-state index in [9.17, 15) is 41.0 Å². The molecule has 1 aliphatic carbocycles. The van der Waals surface area contributed by atoms with E-state index < -0.39 is 36.1 Å². The molecular formula is C23H26F6N2O5. The number of likely N-dealkylation sites (tertiary alicyclic amines) is 2. The number of carbonyl (C=O) groups excluding carboxylic acids is 1. The highest BCUT2D eigenvalue weighted by Crippen LogP contribution is 2.44. The van der Waals surface area contributed by atoms with Gasteiger partial charge in [-0.2, -0.15) is 26.3 Å². The monoisotopic (exact) mass is 524 g/mol. The molecule has 1 saturated carbocycles. The number of carbonyl (C=O) groups is 2. The summed E-state index contributed by atoms with van der Waals surface area (Å²) in [4.78, 5) is 26.7. The lowest BCUT2D eigenvalue weighted by atomic mass is 9.85. The Morgan fingerprint density at radius 2 is 1.56 bits per heavy atom. The molecule has 3 aliphatic rings. The summed E-state index contributed by atoms with van der Waals surface area (Å²) in [5.74, 6) is -0.557. The zero-order valence-electron chi connectivity index (χ0n) is 19.2. The van der Waals surface area contributed by atoms with Crippen molar-refractivity contribution < 1.29 is 50.5 Å². The minimum absolute atomic E-state index is 0.0436. The number of alkyl halides is 6. The van der Waals surface area contributed by atoms with Gasteiger partial charge in [0.2, 0.25) is 5.60 Å². The van der Waals surface area contributed by atoms with Crippen molar-refractivity contribution in [2.75, 3.05) is 19.6 Å². The normalized spacial score (nSPS) is 21.6. The van der Waals surface area contributed by atoms with Gasteiger partial charge < -0.3 is 19.5 Å². The molecule has 1 aromatic rings. The van der Waals surface area contributed by atoms with E-state index in [1.807, 2.05) is 12.1 Å². The maximum absolute atomic E-state index is 12.8. The number of para-hydroxylation sites is 1. The van der Waals surface area contributed by atoms with E-state index in [0.29, 0.717) is 44.5 Å². The van der Waals surface area contributed by atoms with Crippen molar-refractivity contribution in [3.63, 3.8) is 0 Å². The smallest absolute Gasteiger partial charge is 0.434 e. The number of benzene rings is 1. The van der Waals surface area contributed by atoms with Gasteiger partial charge in [-0.1, -0.05) is 18.2 Å². The second kappa shape index (κ2) is 9.31. The highest BCUT2D eigenvalue weighted by molar-refractivity contribution is 5.81. The lowest BCUT2D eigenvalue weighted by Gasteiger charge is -2.45. The summed E-state index contributed by atoms with van der Waals surface area (Å²) in [7, 11) is 0. The van der Waals surface area contributed by atoms with Crippen molar-refractivity contribution >= 4 is 12.1 Å². The average Bonchev–Trinajstić information content (AvgIpc) is 3.49. The Morgan fingerprint density at radius 1 is 0.944 bits per heavy atom. The molecule has 13 heteroatoms. The predicted molar refractivity (Wildman–Crippen MR) is 112 cm³/mol. The summed E-state index contributed by atoms with van der Waals surface area (Å²) in [6.07, 6.45) is -14.2. The third kappa shape index (κ3) is 5.35. The summed E-state index contributed by atoms with van der Waals surface area (Å²) in [6.45, 7) is 1.05. The Balaban J connectivity index is 1.41. The van der Waals surface area contributed by atoms with Crippen LogP contribution in [0.5, 0.6) is 5.75 Å². The van der Waals surface area contributed by atoms with Gasteiger partial charge in [0, 0.05) is 43.6 Å². The van der Waals surface area contributed by atoms with Crippen LogP contribution in [0.2, 0.25) is 0 Å². The van der Waals surface area contributed by atoms with Crippen LogP contribution >= 0.6 is 0 Å². The number of hydrogen-bond acceptors (Lipinski definition) is 5. The van der Waals surface area contributed by atoms with Crippen molar-refractivity contribution in [3.8, 4) is 5.75 Å². The molecule has 0 aromatic heterocycles. The van der Waals surface area contributed by atoms with Gasteiger partial charge in [-0.05, 0) is 38.3 Å². The first-order chi connectivity index (χ1) is 16.8.